The molecule has 106 valence electrons. The number of likely N-dealkylation sites (tertiary alicyclic amines) is 1. The standard InChI is InChI=1S/C12H21N5O2/c1-16-10(13)9(11(18)15-12(16)19)14-5-8-17-6-3-2-4-7-17/h14H,2-8,13H2,1H3,(H,15,18,19). The SMILES string of the molecule is Cn1c(N)c(NCCN2CCCCC2)c(=O)[nH]c1=O. The first-order valence-electron chi connectivity index (χ1n) is 6.64. The number of H-pyrrole nitrogens is 1. The molecule has 0 unspecified atom stereocenters. The van der Waals surface area contributed by atoms with Crippen LogP contribution in [0.5, 0.6) is 0 Å². The van der Waals surface area contributed by atoms with Gasteiger partial charge < -0.3 is 16.0 Å². The molecule has 7 nitrogen and oxygen atoms in total. The zero-order valence-electron chi connectivity index (χ0n) is 11.2. The van der Waals surface area contributed by atoms with Crippen LogP contribution in [-0.2, 0) is 7.05 Å². The molecule has 0 radical (unpaired) electrons. The lowest BCUT2D eigenvalue weighted by Crippen LogP contribution is -2.36. The summed E-state index contributed by atoms with van der Waals surface area (Å²) in [6.45, 7) is 3.74. The van der Waals surface area contributed by atoms with Gasteiger partial charge in [0.1, 0.15) is 11.5 Å². The Hall–Kier alpha value is -1.76. The summed E-state index contributed by atoms with van der Waals surface area (Å²) in [5, 5.41) is 3.03. The highest BCUT2D eigenvalue weighted by Gasteiger charge is 2.12. The number of piperidine rings is 1. The van der Waals surface area contributed by atoms with E-state index in [0.29, 0.717) is 6.54 Å². The number of nitrogens with zero attached hydrogens (tertiary/aromatic N) is 2. The lowest BCUT2D eigenvalue weighted by Gasteiger charge is -2.26. The van der Waals surface area contributed by atoms with Crippen LogP contribution < -0.4 is 22.3 Å². The second-order valence-electron chi connectivity index (χ2n) is 4.91. The van der Waals surface area contributed by atoms with Gasteiger partial charge in [0.25, 0.3) is 5.56 Å². The quantitative estimate of drug-likeness (QED) is 0.687. The molecule has 0 aliphatic carbocycles. The highest BCUT2D eigenvalue weighted by Crippen LogP contribution is 2.10. The van der Waals surface area contributed by atoms with E-state index >= 15 is 0 Å². The Balaban J connectivity index is 1.98. The smallest absolute Gasteiger partial charge is 0.329 e. The van der Waals surface area contributed by atoms with Crippen LogP contribution in [0.15, 0.2) is 9.59 Å². The Bertz CT molecular complexity index is 542. The molecule has 1 aromatic rings. The molecule has 1 aromatic heterocycles. The van der Waals surface area contributed by atoms with Gasteiger partial charge in [0.15, 0.2) is 0 Å². The summed E-state index contributed by atoms with van der Waals surface area (Å²) < 4.78 is 1.23. The fourth-order valence-electron chi connectivity index (χ4n) is 2.33. The van der Waals surface area contributed by atoms with E-state index in [4.69, 9.17) is 5.73 Å². The maximum atomic E-state index is 11.7. The van der Waals surface area contributed by atoms with Gasteiger partial charge in [-0.3, -0.25) is 14.3 Å². The van der Waals surface area contributed by atoms with E-state index in [1.54, 1.807) is 0 Å². The minimum Gasteiger partial charge on any atom is -0.383 e. The maximum Gasteiger partial charge on any atom is 0.329 e. The largest absolute Gasteiger partial charge is 0.383 e. The number of hydrogen-bond donors (Lipinski definition) is 3. The molecule has 0 spiro atoms. The van der Waals surface area contributed by atoms with E-state index in [1.165, 1.54) is 30.9 Å². The average Bonchev–Trinajstić information content (AvgIpc) is 2.41. The number of rotatable bonds is 4. The third kappa shape index (κ3) is 3.17. The zero-order chi connectivity index (χ0) is 13.8. The molecule has 1 fully saturated rings. The molecule has 7 heteroatoms. The lowest BCUT2D eigenvalue weighted by atomic mass is 10.1. The lowest BCUT2D eigenvalue weighted by molar-refractivity contribution is 0.237. The third-order valence-corrected chi connectivity index (χ3v) is 3.55. The van der Waals surface area contributed by atoms with E-state index in [-0.39, 0.29) is 11.5 Å². The molecule has 0 bridgehead atoms. The van der Waals surface area contributed by atoms with Gasteiger partial charge in [-0.1, -0.05) is 6.42 Å². The van der Waals surface area contributed by atoms with Crippen LogP contribution in [0.2, 0.25) is 0 Å². The molecular weight excluding hydrogens is 246 g/mol. The van der Waals surface area contributed by atoms with Gasteiger partial charge in [-0.15, -0.1) is 0 Å². The number of aromatic nitrogens is 2. The summed E-state index contributed by atoms with van der Waals surface area (Å²) in [6.07, 6.45) is 3.78. The van der Waals surface area contributed by atoms with Crippen molar-refractivity contribution in [1.82, 2.24) is 14.5 Å². The van der Waals surface area contributed by atoms with Gasteiger partial charge in [0.05, 0.1) is 0 Å². The van der Waals surface area contributed by atoms with Gasteiger partial charge in [0.2, 0.25) is 0 Å². The van der Waals surface area contributed by atoms with Crippen molar-refractivity contribution in [2.24, 2.45) is 7.05 Å². The van der Waals surface area contributed by atoms with Gasteiger partial charge >= 0.3 is 5.69 Å². The van der Waals surface area contributed by atoms with Crippen LogP contribution in [0.4, 0.5) is 11.5 Å². The van der Waals surface area contributed by atoms with Crippen molar-refractivity contribution in [3.63, 3.8) is 0 Å². The van der Waals surface area contributed by atoms with Crippen molar-refractivity contribution in [3.05, 3.63) is 20.8 Å². The van der Waals surface area contributed by atoms with Crippen LogP contribution in [0.25, 0.3) is 0 Å². The predicted molar refractivity (Wildman–Crippen MR) is 75.5 cm³/mol. The summed E-state index contributed by atoms with van der Waals surface area (Å²) >= 11 is 0. The summed E-state index contributed by atoms with van der Waals surface area (Å²) in [6, 6.07) is 0. The Morgan fingerprint density at radius 1 is 1.26 bits per heavy atom. The first kappa shape index (κ1) is 13.7. The third-order valence-electron chi connectivity index (χ3n) is 3.55. The molecule has 2 heterocycles. The summed E-state index contributed by atoms with van der Waals surface area (Å²) in [4.78, 5) is 27.6. The van der Waals surface area contributed by atoms with Gasteiger partial charge in [-0.2, -0.15) is 0 Å². The van der Waals surface area contributed by atoms with Gasteiger partial charge in [-0.05, 0) is 25.9 Å². The van der Waals surface area contributed by atoms with Crippen molar-refractivity contribution in [3.8, 4) is 0 Å². The topological polar surface area (TPSA) is 96.2 Å². The number of anilines is 2. The number of nitrogen functional groups attached to an aromatic ring is 1. The number of hydrogen-bond acceptors (Lipinski definition) is 5. The van der Waals surface area contributed by atoms with Crippen LogP contribution in [0, 0.1) is 0 Å². The molecule has 0 atom stereocenters. The van der Waals surface area contributed by atoms with Crippen molar-refractivity contribution in [2.45, 2.75) is 19.3 Å². The first-order valence-corrected chi connectivity index (χ1v) is 6.64. The molecular formula is C12H21N5O2. The molecule has 2 rings (SSSR count). The second-order valence-corrected chi connectivity index (χ2v) is 4.91. The molecule has 0 amide bonds. The van der Waals surface area contributed by atoms with Crippen LogP contribution in [0.3, 0.4) is 0 Å². The monoisotopic (exact) mass is 267 g/mol. The van der Waals surface area contributed by atoms with Crippen molar-refractivity contribution < 1.29 is 0 Å². The van der Waals surface area contributed by atoms with Gasteiger partial charge in [0, 0.05) is 20.1 Å². The fraction of sp³-hybridized carbons (Fsp3) is 0.667. The van der Waals surface area contributed by atoms with Crippen LogP contribution in [0.1, 0.15) is 19.3 Å². The maximum absolute atomic E-state index is 11.7. The highest BCUT2D eigenvalue weighted by atomic mass is 16.2. The van der Waals surface area contributed by atoms with E-state index in [2.05, 4.69) is 15.2 Å². The van der Waals surface area contributed by atoms with Crippen molar-refractivity contribution >= 4 is 11.5 Å². The zero-order valence-corrected chi connectivity index (χ0v) is 11.2. The van der Waals surface area contributed by atoms with E-state index < -0.39 is 11.2 Å². The van der Waals surface area contributed by atoms with E-state index in [0.717, 1.165) is 19.6 Å². The Labute approximate surface area is 111 Å². The molecule has 0 saturated carbocycles. The minimum atomic E-state index is -0.496. The van der Waals surface area contributed by atoms with E-state index in [1.807, 2.05) is 0 Å². The summed E-state index contributed by atoms with van der Waals surface area (Å²) in [7, 11) is 1.53. The Morgan fingerprint density at radius 2 is 1.95 bits per heavy atom. The normalized spacial score (nSPS) is 16.5. The Kier molecular flexibility index (Phi) is 4.26. The predicted octanol–water partition coefficient (Wildman–Crippen LogP) is -0.446. The van der Waals surface area contributed by atoms with Crippen LogP contribution >= 0.6 is 0 Å². The molecule has 0 aromatic carbocycles. The molecule has 19 heavy (non-hydrogen) atoms. The minimum absolute atomic E-state index is 0.174. The number of nitrogens with one attached hydrogen (secondary N) is 2. The van der Waals surface area contributed by atoms with Crippen molar-refractivity contribution in [2.75, 3.05) is 37.2 Å². The van der Waals surface area contributed by atoms with Crippen molar-refractivity contribution in [1.29, 1.82) is 0 Å². The van der Waals surface area contributed by atoms with Gasteiger partial charge in [-0.25, -0.2) is 4.79 Å². The average molecular weight is 267 g/mol. The molecule has 1 aliphatic heterocycles. The highest BCUT2D eigenvalue weighted by molar-refractivity contribution is 5.60. The molecule has 4 N–H and O–H groups in total. The summed E-state index contributed by atoms with van der Waals surface area (Å²) in [5.41, 5.74) is 5.09. The molecule has 1 saturated heterocycles. The first-order chi connectivity index (χ1) is 9.09. The number of nitrogens with two attached hydrogens (primary N) is 1. The van der Waals surface area contributed by atoms with Crippen LogP contribution in [-0.4, -0.2) is 40.6 Å². The Morgan fingerprint density at radius 3 is 2.63 bits per heavy atom. The molecule has 1 aliphatic rings. The summed E-state index contributed by atoms with van der Waals surface area (Å²) in [5.74, 6) is 0.174. The van der Waals surface area contributed by atoms with E-state index in [9.17, 15) is 9.59 Å². The second kappa shape index (κ2) is 5.92. The fourth-order valence-corrected chi connectivity index (χ4v) is 2.33. The number of aromatic amines is 1.